The van der Waals surface area contributed by atoms with Crippen LogP contribution in [0, 0.1) is 0 Å². The molecule has 0 saturated carbocycles. The first-order chi connectivity index (χ1) is 8.01. The van der Waals surface area contributed by atoms with Crippen LogP contribution in [0.15, 0.2) is 11.4 Å². The van der Waals surface area contributed by atoms with Gasteiger partial charge >= 0.3 is 5.97 Å². The highest BCUT2D eigenvalue weighted by atomic mass is 32.1. The maximum atomic E-state index is 12.0. The Morgan fingerprint density at radius 3 is 2.65 bits per heavy atom. The number of thiophene rings is 1. The summed E-state index contributed by atoms with van der Waals surface area (Å²) in [5.74, 6) is -0.686. The maximum absolute atomic E-state index is 12.0. The van der Waals surface area contributed by atoms with Crippen LogP contribution in [-0.4, -0.2) is 42.1 Å². The zero-order valence-corrected chi connectivity index (χ0v) is 10.8. The molecule has 0 aliphatic heterocycles. The number of rotatable bonds is 5. The quantitative estimate of drug-likeness (QED) is 0.871. The van der Waals surface area contributed by atoms with Crippen molar-refractivity contribution in [2.75, 3.05) is 14.2 Å². The standard InChI is InChI=1S/C11H15NO4S/c1-4-8(11(14)15)12(2)10(13)9-5-7(16-3)6-17-9/h5-6,8H,4H2,1-3H3,(H,14,15). The van der Waals surface area contributed by atoms with Crippen molar-refractivity contribution in [1.82, 2.24) is 4.90 Å². The Morgan fingerprint density at radius 2 is 2.24 bits per heavy atom. The van der Waals surface area contributed by atoms with Crippen LogP contribution in [0.3, 0.4) is 0 Å². The second-order valence-electron chi connectivity index (χ2n) is 3.53. The summed E-state index contributed by atoms with van der Waals surface area (Å²) >= 11 is 1.24. The van der Waals surface area contributed by atoms with Gasteiger partial charge in [-0.2, -0.15) is 0 Å². The lowest BCUT2D eigenvalue weighted by Crippen LogP contribution is -2.41. The molecular weight excluding hydrogens is 242 g/mol. The Morgan fingerprint density at radius 1 is 1.59 bits per heavy atom. The molecule has 0 bridgehead atoms. The molecule has 1 aromatic heterocycles. The van der Waals surface area contributed by atoms with E-state index in [0.717, 1.165) is 0 Å². The molecule has 0 aliphatic rings. The Balaban J connectivity index is 2.85. The molecule has 17 heavy (non-hydrogen) atoms. The highest BCUT2D eigenvalue weighted by molar-refractivity contribution is 7.12. The summed E-state index contributed by atoms with van der Waals surface area (Å²) in [5.41, 5.74) is 0. The number of likely N-dealkylation sites (N-methyl/N-ethyl adjacent to an activating group) is 1. The first-order valence-electron chi connectivity index (χ1n) is 5.13. The van der Waals surface area contributed by atoms with Gasteiger partial charge in [-0.15, -0.1) is 11.3 Å². The number of amides is 1. The molecule has 0 aliphatic carbocycles. The van der Waals surface area contributed by atoms with E-state index < -0.39 is 12.0 Å². The monoisotopic (exact) mass is 257 g/mol. The summed E-state index contributed by atoms with van der Waals surface area (Å²) in [6, 6.07) is 0.813. The molecule has 0 spiro atoms. The number of carbonyl (C=O) groups is 2. The molecule has 1 atom stereocenters. The fraction of sp³-hybridized carbons (Fsp3) is 0.455. The highest BCUT2D eigenvalue weighted by Gasteiger charge is 2.26. The third-order valence-corrected chi connectivity index (χ3v) is 3.38. The average Bonchev–Trinajstić information content (AvgIpc) is 2.76. The van der Waals surface area contributed by atoms with Crippen LogP contribution >= 0.6 is 11.3 Å². The normalized spacial score (nSPS) is 11.9. The van der Waals surface area contributed by atoms with Crippen LogP contribution in [0.2, 0.25) is 0 Å². The van der Waals surface area contributed by atoms with Gasteiger partial charge in [-0.3, -0.25) is 4.79 Å². The minimum Gasteiger partial charge on any atom is -0.496 e. The molecule has 1 N–H and O–H groups in total. The maximum Gasteiger partial charge on any atom is 0.326 e. The first-order valence-corrected chi connectivity index (χ1v) is 6.01. The summed E-state index contributed by atoms with van der Waals surface area (Å²) < 4.78 is 4.98. The number of carbonyl (C=O) groups excluding carboxylic acids is 1. The van der Waals surface area contributed by atoms with Crippen molar-refractivity contribution < 1.29 is 19.4 Å². The van der Waals surface area contributed by atoms with Gasteiger partial charge in [0.05, 0.1) is 12.0 Å². The van der Waals surface area contributed by atoms with E-state index in [2.05, 4.69) is 0 Å². The number of carboxylic acids is 1. The lowest BCUT2D eigenvalue weighted by Gasteiger charge is -2.22. The van der Waals surface area contributed by atoms with E-state index in [-0.39, 0.29) is 5.91 Å². The van der Waals surface area contributed by atoms with Crippen LogP contribution in [0.25, 0.3) is 0 Å². The molecule has 0 radical (unpaired) electrons. The Bertz CT molecular complexity index is 415. The molecule has 94 valence electrons. The van der Waals surface area contributed by atoms with E-state index in [0.29, 0.717) is 17.0 Å². The number of hydrogen-bond donors (Lipinski definition) is 1. The van der Waals surface area contributed by atoms with Crippen molar-refractivity contribution in [2.24, 2.45) is 0 Å². The van der Waals surface area contributed by atoms with Crippen molar-refractivity contribution in [3.8, 4) is 5.75 Å². The van der Waals surface area contributed by atoms with Crippen molar-refractivity contribution in [3.05, 3.63) is 16.3 Å². The summed E-state index contributed by atoms with van der Waals surface area (Å²) in [4.78, 5) is 24.7. The van der Waals surface area contributed by atoms with Gasteiger partial charge in [0, 0.05) is 18.5 Å². The highest BCUT2D eigenvalue weighted by Crippen LogP contribution is 2.23. The molecule has 0 saturated heterocycles. The summed E-state index contributed by atoms with van der Waals surface area (Å²) in [7, 11) is 3.02. The van der Waals surface area contributed by atoms with E-state index in [1.807, 2.05) is 0 Å². The number of nitrogens with zero attached hydrogens (tertiary/aromatic N) is 1. The molecule has 0 fully saturated rings. The molecule has 6 heteroatoms. The van der Waals surface area contributed by atoms with E-state index in [9.17, 15) is 9.59 Å². The summed E-state index contributed by atoms with van der Waals surface area (Å²) in [5, 5.41) is 10.7. The minimum atomic E-state index is -0.994. The second kappa shape index (κ2) is 5.67. The number of methoxy groups -OCH3 is 1. The van der Waals surface area contributed by atoms with Crippen molar-refractivity contribution >= 4 is 23.2 Å². The van der Waals surface area contributed by atoms with Gasteiger partial charge in [-0.05, 0) is 6.42 Å². The second-order valence-corrected chi connectivity index (χ2v) is 4.44. The van der Waals surface area contributed by atoms with Crippen molar-refractivity contribution in [1.29, 1.82) is 0 Å². The SMILES string of the molecule is CCC(C(=O)O)N(C)C(=O)c1cc(OC)cs1. The third-order valence-electron chi connectivity index (χ3n) is 2.48. The Kier molecular flexibility index (Phi) is 4.51. The molecule has 1 rings (SSSR count). The zero-order chi connectivity index (χ0) is 13.0. The minimum absolute atomic E-state index is 0.299. The summed E-state index contributed by atoms with van der Waals surface area (Å²) in [6.07, 6.45) is 0.375. The van der Waals surface area contributed by atoms with E-state index in [1.165, 1.54) is 30.4 Å². The number of aliphatic carboxylic acids is 1. The van der Waals surface area contributed by atoms with Gasteiger partial charge in [-0.1, -0.05) is 6.92 Å². The third kappa shape index (κ3) is 2.97. The van der Waals surface area contributed by atoms with E-state index >= 15 is 0 Å². The van der Waals surface area contributed by atoms with Crippen LogP contribution < -0.4 is 4.74 Å². The van der Waals surface area contributed by atoms with Gasteiger partial charge in [0.1, 0.15) is 11.8 Å². The van der Waals surface area contributed by atoms with Gasteiger partial charge < -0.3 is 14.7 Å². The topological polar surface area (TPSA) is 66.8 Å². The van der Waals surface area contributed by atoms with E-state index in [4.69, 9.17) is 9.84 Å². The fourth-order valence-corrected chi connectivity index (χ4v) is 2.30. The van der Waals surface area contributed by atoms with Gasteiger partial charge in [-0.25, -0.2) is 4.79 Å². The molecule has 1 amide bonds. The molecule has 5 nitrogen and oxygen atoms in total. The fourth-order valence-electron chi connectivity index (χ4n) is 1.47. The molecule has 1 unspecified atom stereocenters. The molecular formula is C11H15NO4S. The predicted octanol–water partition coefficient (Wildman–Crippen LogP) is 1.69. The molecule has 1 aromatic rings. The molecule has 0 aromatic carbocycles. The van der Waals surface area contributed by atoms with Gasteiger partial charge in [0.2, 0.25) is 0 Å². The van der Waals surface area contributed by atoms with Gasteiger partial charge in [0.25, 0.3) is 5.91 Å². The zero-order valence-electron chi connectivity index (χ0n) is 9.97. The van der Waals surface area contributed by atoms with Crippen molar-refractivity contribution in [3.63, 3.8) is 0 Å². The Labute approximate surface area is 104 Å². The average molecular weight is 257 g/mol. The lowest BCUT2D eigenvalue weighted by molar-refractivity contribution is -0.142. The summed E-state index contributed by atoms with van der Waals surface area (Å²) in [6.45, 7) is 1.73. The number of ether oxygens (including phenoxy) is 1. The lowest BCUT2D eigenvalue weighted by atomic mass is 10.2. The van der Waals surface area contributed by atoms with Gasteiger partial charge in [0.15, 0.2) is 0 Å². The molecule has 1 heterocycles. The Hall–Kier alpha value is -1.56. The van der Waals surface area contributed by atoms with Crippen LogP contribution in [0.5, 0.6) is 5.75 Å². The van der Waals surface area contributed by atoms with Crippen LogP contribution in [-0.2, 0) is 4.79 Å². The van der Waals surface area contributed by atoms with Crippen LogP contribution in [0.1, 0.15) is 23.0 Å². The number of hydrogen-bond acceptors (Lipinski definition) is 4. The first kappa shape index (κ1) is 13.5. The smallest absolute Gasteiger partial charge is 0.326 e. The number of carboxylic acid groups (broad SMARTS) is 1. The van der Waals surface area contributed by atoms with Crippen molar-refractivity contribution in [2.45, 2.75) is 19.4 Å². The van der Waals surface area contributed by atoms with E-state index in [1.54, 1.807) is 18.4 Å². The van der Waals surface area contributed by atoms with Crippen LogP contribution in [0.4, 0.5) is 0 Å². The largest absolute Gasteiger partial charge is 0.496 e. The predicted molar refractivity (Wildman–Crippen MR) is 64.7 cm³/mol.